The largest absolute Gasteiger partial charge is 0.396 e. The van der Waals surface area contributed by atoms with Gasteiger partial charge in [0.25, 0.3) is 0 Å². The Morgan fingerprint density at radius 1 is 1.31 bits per heavy atom. The number of aliphatic hydroxyl groups is 1. The highest BCUT2D eigenvalue weighted by Gasteiger charge is 2.04. The monoisotopic (exact) mass is 222 g/mol. The normalized spacial score (nSPS) is 10.6. The summed E-state index contributed by atoms with van der Waals surface area (Å²) in [5.41, 5.74) is 0.586. The van der Waals surface area contributed by atoms with Crippen LogP contribution in [0.25, 0.3) is 10.9 Å². The fraction of sp³-hybridized carbons (Fsp3) is 0.300. The minimum absolute atomic E-state index is 0.103. The summed E-state index contributed by atoms with van der Waals surface area (Å²) in [4.78, 5) is 11.5. The Hall–Kier alpha value is -1.82. The Balaban J connectivity index is 2.32. The first-order chi connectivity index (χ1) is 7.81. The summed E-state index contributed by atoms with van der Waals surface area (Å²) in [6.07, 6.45) is 3.37. The third-order valence-corrected chi connectivity index (χ3v) is 2.12. The number of aromatic nitrogens is 3. The number of aliphatic hydroxyl groups excluding tert-OH is 1. The van der Waals surface area contributed by atoms with Gasteiger partial charge in [-0.3, -0.25) is 0 Å². The number of nitrogens with one attached hydrogen (secondary N) is 1. The third-order valence-electron chi connectivity index (χ3n) is 2.12. The first-order valence-corrected chi connectivity index (χ1v) is 4.92. The van der Waals surface area contributed by atoms with Gasteiger partial charge in [0.15, 0.2) is 0 Å². The Kier molecular flexibility index (Phi) is 3.21. The molecule has 2 heterocycles. The van der Waals surface area contributed by atoms with Crippen molar-refractivity contribution < 1.29 is 9.50 Å². The van der Waals surface area contributed by atoms with Crippen LogP contribution in [0.3, 0.4) is 0 Å². The van der Waals surface area contributed by atoms with Crippen molar-refractivity contribution in [3.05, 3.63) is 24.5 Å². The van der Waals surface area contributed by atoms with Crippen molar-refractivity contribution in [2.45, 2.75) is 6.42 Å². The second-order valence-corrected chi connectivity index (χ2v) is 3.25. The van der Waals surface area contributed by atoms with Crippen LogP contribution in [-0.4, -0.2) is 33.2 Å². The molecule has 5 nitrogen and oxygen atoms in total. The van der Waals surface area contributed by atoms with Crippen LogP contribution in [0.2, 0.25) is 0 Å². The van der Waals surface area contributed by atoms with Gasteiger partial charge >= 0.3 is 0 Å². The summed E-state index contributed by atoms with van der Waals surface area (Å²) < 4.78 is 13.0. The lowest BCUT2D eigenvalue weighted by Crippen LogP contribution is -2.06. The fourth-order valence-corrected chi connectivity index (χ4v) is 1.36. The van der Waals surface area contributed by atoms with E-state index in [2.05, 4.69) is 20.3 Å². The van der Waals surface area contributed by atoms with Crippen LogP contribution in [0.15, 0.2) is 18.6 Å². The number of nitrogens with zero attached hydrogens (tertiary/aromatic N) is 3. The predicted octanol–water partition coefficient (Wildman–Crippen LogP) is 0.958. The van der Waals surface area contributed by atoms with E-state index in [9.17, 15) is 4.39 Å². The maximum Gasteiger partial charge on any atom is 0.213 e. The average Bonchev–Trinajstić information content (AvgIpc) is 2.30. The molecule has 0 aliphatic carbocycles. The zero-order valence-corrected chi connectivity index (χ0v) is 8.52. The molecular weight excluding hydrogens is 211 g/mol. The summed E-state index contributed by atoms with van der Waals surface area (Å²) in [6.45, 7) is 0.679. The van der Waals surface area contributed by atoms with Crippen molar-refractivity contribution in [1.82, 2.24) is 15.0 Å². The minimum atomic E-state index is -0.562. The molecule has 2 aromatic heterocycles. The summed E-state index contributed by atoms with van der Waals surface area (Å²) in [5, 5.41) is 12.3. The molecule has 0 amide bonds. The van der Waals surface area contributed by atoms with Crippen LogP contribution in [0.5, 0.6) is 0 Å². The van der Waals surface area contributed by atoms with Gasteiger partial charge in [0.2, 0.25) is 5.95 Å². The van der Waals surface area contributed by atoms with Gasteiger partial charge < -0.3 is 10.4 Å². The molecule has 0 aliphatic rings. The lowest BCUT2D eigenvalue weighted by Gasteiger charge is -2.06. The molecule has 2 rings (SSSR count). The van der Waals surface area contributed by atoms with E-state index in [1.165, 1.54) is 18.6 Å². The molecule has 0 spiro atoms. The van der Waals surface area contributed by atoms with Gasteiger partial charge in [0.05, 0.1) is 11.7 Å². The van der Waals surface area contributed by atoms with E-state index in [-0.39, 0.29) is 6.61 Å². The molecule has 2 aromatic rings. The van der Waals surface area contributed by atoms with Crippen molar-refractivity contribution in [1.29, 1.82) is 0 Å². The first-order valence-electron chi connectivity index (χ1n) is 4.92. The maximum absolute atomic E-state index is 13.0. The molecule has 0 atom stereocenters. The average molecular weight is 222 g/mol. The summed E-state index contributed by atoms with van der Waals surface area (Å²) in [7, 11) is 0. The van der Waals surface area contributed by atoms with Crippen molar-refractivity contribution >= 4 is 16.7 Å². The van der Waals surface area contributed by atoms with Crippen LogP contribution >= 0.6 is 0 Å². The highest BCUT2D eigenvalue weighted by atomic mass is 19.1. The Bertz CT molecular complexity index is 491. The smallest absolute Gasteiger partial charge is 0.213 e. The van der Waals surface area contributed by atoms with Crippen LogP contribution in [0.4, 0.5) is 10.2 Å². The van der Waals surface area contributed by atoms with Crippen LogP contribution in [0, 0.1) is 5.95 Å². The number of fused-ring (bicyclic) bond motifs is 1. The number of halogens is 1. The highest BCUT2D eigenvalue weighted by molar-refractivity contribution is 5.87. The lowest BCUT2D eigenvalue weighted by molar-refractivity contribution is 0.292. The quantitative estimate of drug-likeness (QED) is 0.595. The molecule has 0 saturated heterocycles. The minimum Gasteiger partial charge on any atom is -0.396 e. The second-order valence-electron chi connectivity index (χ2n) is 3.25. The zero-order chi connectivity index (χ0) is 11.4. The van der Waals surface area contributed by atoms with Gasteiger partial charge in [0, 0.05) is 24.6 Å². The van der Waals surface area contributed by atoms with Crippen molar-refractivity contribution in [3.8, 4) is 0 Å². The molecule has 0 aliphatic heterocycles. The molecule has 6 heteroatoms. The Morgan fingerprint density at radius 2 is 2.19 bits per heavy atom. The van der Waals surface area contributed by atoms with Gasteiger partial charge in [-0.25, -0.2) is 15.0 Å². The molecule has 0 bridgehead atoms. The molecule has 84 valence electrons. The zero-order valence-electron chi connectivity index (χ0n) is 8.52. The summed E-state index contributed by atoms with van der Waals surface area (Å²) in [5.74, 6) is -0.00717. The van der Waals surface area contributed by atoms with Crippen molar-refractivity contribution in [2.24, 2.45) is 0 Å². The summed E-state index contributed by atoms with van der Waals surface area (Å²) in [6, 6.07) is 1.29. The van der Waals surface area contributed by atoms with E-state index in [4.69, 9.17) is 5.11 Å². The molecule has 0 radical (unpaired) electrons. The number of hydrogen-bond donors (Lipinski definition) is 2. The van der Waals surface area contributed by atoms with Crippen molar-refractivity contribution in [2.75, 3.05) is 18.5 Å². The lowest BCUT2D eigenvalue weighted by atomic mass is 10.3. The standard InChI is InChI=1S/C10H11FN4O/c11-9-4-7-8(5-13-9)14-6-15-10(7)12-2-1-3-16/h4-6,16H,1-3H2,(H,12,14,15). The van der Waals surface area contributed by atoms with E-state index >= 15 is 0 Å². The van der Waals surface area contributed by atoms with Crippen LogP contribution in [-0.2, 0) is 0 Å². The SMILES string of the molecule is OCCCNc1ncnc2cnc(F)cc12. The van der Waals surface area contributed by atoms with Gasteiger partial charge in [0.1, 0.15) is 12.1 Å². The number of pyridine rings is 1. The highest BCUT2D eigenvalue weighted by Crippen LogP contribution is 2.18. The molecule has 0 saturated carbocycles. The molecule has 0 unspecified atom stereocenters. The van der Waals surface area contributed by atoms with Gasteiger partial charge in [-0.05, 0) is 6.42 Å². The molecule has 2 N–H and O–H groups in total. The maximum atomic E-state index is 13.0. The third kappa shape index (κ3) is 2.22. The topological polar surface area (TPSA) is 70.9 Å². The van der Waals surface area contributed by atoms with E-state index in [0.29, 0.717) is 29.7 Å². The predicted molar refractivity (Wildman–Crippen MR) is 57.5 cm³/mol. The van der Waals surface area contributed by atoms with E-state index in [1.807, 2.05) is 0 Å². The molecule has 0 aromatic carbocycles. The van der Waals surface area contributed by atoms with Gasteiger partial charge in [-0.1, -0.05) is 0 Å². The first kappa shape index (κ1) is 10.7. The number of anilines is 1. The van der Waals surface area contributed by atoms with Crippen molar-refractivity contribution in [3.63, 3.8) is 0 Å². The molecular formula is C10H11FN4O. The second kappa shape index (κ2) is 4.80. The Labute approximate surface area is 91.4 Å². The molecule has 16 heavy (non-hydrogen) atoms. The van der Waals surface area contributed by atoms with E-state index < -0.39 is 5.95 Å². The number of hydrogen-bond acceptors (Lipinski definition) is 5. The molecule has 0 fully saturated rings. The van der Waals surface area contributed by atoms with Crippen LogP contribution in [0.1, 0.15) is 6.42 Å². The number of rotatable bonds is 4. The van der Waals surface area contributed by atoms with Crippen LogP contribution < -0.4 is 5.32 Å². The van der Waals surface area contributed by atoms with E-state index in [0.717, 1.165) is 0 Å². The summed E-state index contributed by atoms with van der Waals surface area (Å²) >= 11 is 0. The van der Waals surface area contributed by atoms with Gasteiger partial charge in [-0.2, -0.15) is 4.39 Å². The Morgan fingerprint density at radius 3 is 3.00 bits per heavy atom. The van der Waals surface area contributed by atoms with E-state index in [1.54, 1.807) is 0 Å². The fourth-order valence-electron chi connectivity index (χ4n) is 1.36. The van der Waals surface area contributed by atoms with Gasteiger partial charge in [-0.15, -0.1) is 0 Å².